The molecule has 3 heterocycles. The van der Waals surface area contributed by atoms with E-state index in [2.05, 4.69) is 11.9 Å². The summed E-state index contributed by atoms with van der Waals surface area (Å²) in [5.74, 6) is 0.539. The molecular formula is C15H20N4O. The van der Waals surface area contributed by atoms with Crippen molar-refractivity contribution in [1.29, 1.82) is 0 Å². The molecule has 1 aliphatic rings. The topological polar surface area (TPSA) is 63.6 Å². The molecule has 0 aromatic carbocycles. The molecule has 3 rings (SSSR count). The molecule has 5 nitrogen and oxygen atoms in total. The predicted molar refractivity (Wildman–Crippen MR) is 77.5 cm³/mol. The number of nitrogens with zero attached hydrogens (tertiary/aromatic N) is 3. The van der Waals surface area contributed by atoms with Gasteiger partial charge in [-0.3, -0.25) is 4.79 Å². The van der Waals surface area contributed by atoms with Gasteiger partial charge in [0, 0.05) is 37.7 Å². The first-order chi connectivity index (χ1) is 9.70. The third kappa shape index (κ3) is 2.18. The molecule has 1 fully saturated rings. The van der Waals surface area contributed by atoms with Crippen LogP contribution in [0.15, 0.2) is 30.7 Å². The quantitative estimate of drug-likeness (QED) is 0.902. The number of pyridine rings is 1. The van der Waals surface area contributed by atoms with E-state index >= 15 is 0 Å². The van der Waals surface area contributed by atoms with Gasteiger partial charge in [0.15, 0.2) is 0 Å². The Kier molecular flexibility index (Phi) is 3.44. The van der Waals surface area contributed by atoms with Crippen LogP contribution in [0.2, 0.25) is 0 Å². The Morgan fingerprint density at radius 3 is 3.15 bits per heavy atom. The van der Waals surface area contributed by atoms with Crippen LogP contribution in [0.1, 0.15) is 30.1 Å². The number of carbonyl (C=O) groups is 1. The summed E-state index contributed by atoms with van der Waals surface area (Å²) in [6, 6.07) is 3.87. The van der Waals surface area contributed by atoms with E-state index in [9.17, 15) is 4.79 Å². The number of likely N-dealkylation sites (tertiary alicyclic amines) is 1. The summed E-state index contributed by atoms with van der Waals surface area (Å²) in [5, 5.41) is 0. The van der Waals surface area contributed by atoms with Gasteiger partial charge >= 0.3 is 0 Å². The Labute approximate surface area is 118 Å². The van der Waals surface area contributed by atoms with E-state index in [-0.39, 0.29) is 11.9 Å². The summed E-state index contributed by atoms with van der Waals surface area (Å²) in [4.78, 5) is 18.8. The lowest BCUT2D eigenvalue weighted by Crippen LogP contribution is -2.51. The number of piperidine rings is 1. The van der Waals surface area contributed by atoms with Crippen LogP contribution >= 0.6 is 0 Å². The molecule has 0 saturated carbocycles. The van der Waals surface area contributed by atoms with Crippen LogP contribution in [-0.4, -0.2) is 39.3 Å². The first-order valence-electron chi connectivity index (χ1n) is 7.14. The normalized spacial score (nSPS) is 23.2. The van der Waals surface area contributed by atoms with Gasteiger partial charge in [0.05, 0.1) is 5.56 Å². The first kappa shape index (κ1) is 13.1. The second kappa shape index (κ2) is 5.25. The summed E-state index contributed by atoms with van der Waals surface area (Å²) >= 11 is 0. The number of hydrogen-bond donors (Lipinski definition) is 1. The van der Waals surface area contributed by atoms with Crippen molar-refractivity contribution in [3.8, 4) is 0 Å². The molecule has 2 aromatic rings. The monoisotopic (exact) mass is 272 g/mol. The van der Waals surface area contributed by atoms with Gasteiger partial charge in [0.1, 0.15) is 5.65 Å². The average Bonchev–Trinajstić information content (AvgIpc) is 2.93. The molecule has 2 N–H and O–H groups in total. The largest absolute Gasteiger partial charge is 0.334 e. The van der Waals surface area contributed by atoms with Crippen molar-refractivity contribution in [3.63, 3.8) is 0 Å². The highest BCUT2D eigenvalue weighted by atomic mass is 16.2. The van der Waals surface area contributed by atoms with Crippen molar-refractivity contribution in [2.45, 2.75) is 25.8 Å². The molecule has 20 heavy (non-hydrogen) atoms. The molecule has 0 spiro atoms. The molecular weight excluding hydrogens is 252 g/mol. The molecule has 2 atom stereocenters. The van der Waals surface area contributed by atoms with E-state index < -0.39 is 0 Å². The molecule has 0 aliphatic carbocycles. The molecule has 0 unspecified atom stereocenters. The Balaban J connectivity index is 1.90. The number of nitrogens with two attached hydrogens (primary N) is 1. The third-order valence-corrected chi connectivity index (χ3v) is 4.25. The van der Waals surface area contributed by atoms with Gasteiger partial charge < -0.3 is 15.0 Å². The number of hydrogen-bond acceptors (Lipinski definition) is 3. The Morgan fingerprint density at radius 1 is 1.50 bits per heavy atom. The van der Waals surface area contributed by atoms with E-state index in [1.807, 2.05) is 33.8 Å². The van der Waals surface area contributed by atoms with Crippen molar-refractivity contribution < 1.29 is 4.79 Å². The van der Waals surface area contributed by atoms with Crippen molar-refractivity contribution in [1.82, 2.24) is 14.3 Å². The van der Waals surface area contributed by atoms with Gasteiger partial charge in [-0.2, -0.15) is 0 Å². The lowest BCUT2D eigenvalue weighted by Gasteiger charge is -2.39. The molecule has 106 valence electrons. The maximum absolute atomic E-state index is 12.7. The molecule has 5 heteroatoms. The van der Waals surface area contributed by atoms with Crippen molar-refractivity contribution >= 4 is 11.6 Å². The van der Waals surface area contributed by atoms with Crippen LogP contribution in [0.3, 0.4) is 0 Å². The molecule has 0 radical (unpaired) electrons. The molecule has 2 aromatic heterocycles. The summed E-state index contributed by atoms with van der Waals surface area (Å²) in [5.41, 5.74) is 7.41. The summed E-state index contributed by atoms with van der Waals surface area (Å²) in [6.45, 7) is 3.50. The molecule has 0 bridgehead atoms. The maximum atomic E-state index is 12.7. The fraction of sp³-hybridized carbons (Fsp3) is 0.467. The molecule has 1 aliphatic heterocycles. The Hall–Kier alpha value is -1.88. The fourth-order valence-electron chi connectivity index (χ4n) is 3.07. The van der Waals surface area contributed by atoms with Crippen LogP contribution in [0.5, 0.6) is 0 Å². The SMILES string of the molecule is C[C@@H]1CCCN(C(=O)c2ccc3nccn3c2)[C@H]1CN. The van der Waals surface area contributed by atoms with Gasteiger partial charge in [-0.1, -0.05) is 6.92 Å². The van der Waals surface area contributed by atoms with E-state index in [4.69, 9.17) is 5.73 Å². The van der Waals surface area contributed by atoms with Crippen LogP contribution in [-0.2, 0) is 0 Å². The van der Waals surface area contributed by atoms with E-state index in [1.165, 1.54) is 0 Å². The standard InChI is InChI=1S/C15H20N4O/c1-11-3-2-7-19(13(11)9-16)15(20)12-4-5-14-17-6-8-18(14)10-12/h4-6,8,10-11,13H,2-3,7,9,16H2,1H3/t11-,13+/m1/s1. The number of aromatic nitrogens is 2. The number of carbonyl (C=O) groups excluding carboxylic acids is 1. The fourth-order valence-corrected chi connectivity index (χ4v) is 3.07. The highest BCUT2D eigenvalue weighted by Gasteiger charge is 2.31. The van der Waals surface area contributed by atoms with Crippen LogP contribution in [0, 0.1) is 5.92 Å². The van der Waals surface area contributed by atoms with Crippen molar-refractivity contribution in [3.05, 3.63) is 36.3 Å². The van der Waals surface area contributed by atoms with Crippen molar-refractivity contribution in [2.24, 2.45) is 11.7 Å². The molecule has 1 saturated heterocycles. The zero-order valence-electron chi connectivity index (χ0n) is 11.7. The van der Waals surface area contributed by atoms with Crippen LogP contribution < -0.4 is 5.73 Å². The lowest BCUT2D eigenvalue weighted by atomic mass is 9.90. The number of fused-ring (bicyclic) bond motifs is 1. The summed E-state index contributed by atoms with van der Waals surface area (Å²) in [7, 11) is 0. The smallest absolute Gasteiger partial charge is 0.255 e. The zero-order valence-corrected chi connectivity index (χ0v) is 11.7. The van der Waals surface area contributed by atoms with Gasteiger partial charge in [0.25, 0.3) is 5.91 Å². The van der Waals surface area contributed by atoms with Crippen LogP contribution in [0.4, 0.5) is 0 Å². The van der Waals surface area contributed by atoms with E-state index in [1.54, 1.807) is 6.20 Å². The number of rotatable bonds is 2. The second-order valence-electron chi connectivity index (χ2n) is 5.53. The van der Waals surface area contributed by atoms with Gasteiger partial charge in [0.2, 0.25) is 0 Å². The Morgan fingerprint density at radius 2 is 2.35 bits per heavy atom. The van der Waals surface area contributed by atoms with Crippen molar-refractivity contribution in [2.75, 3.05) is 13.1 Å². The van der Waals surface area contributed by atoms with E-state index in [0.717, 1.165) is 25.0 Å². The van der Waals surface area contributed by atoms with Gasteiger partial charge in [-0.15, -0.1) is 0 Å². The average molecular weight is 272 g/mol. The lowest BCUT2D eigenvalue weighted by molar-refractivity contribution is 0.0532. The maximum Gasteiger partial charge on any atom is 0.255 e. The minimum atomic E-state index is 0.0719. The van der Waals surface area contributed by atoms with Gasteiger partial charge in [-0.25, -0.2) is 4.98 Å². The number of imidazole rings is 1. The van der Waals surface area contributed by atoms with E-state index in [0.29, 0.717) is 18.0 Å². The van der Waals surface area contributed by atoms with Gasteiger partial charge in [-0.05, 0) is 30.9 Å². The zero-order chi connectivity index (χ0) is 14.1. The minimum absolute atomic E-state index is 0.0719. The van der Waals surface area contributed by atoms with Crippen LogP contribution in [0.25, 0.3) is 5.65 Å². The number of amides is 1. The highest BCUT2D eigenvalue weighted by Crippen LogP contribution is 2.24. The second-order valence-corrected chi connectivity index (χ2v) is 5.53. The highest BCUT2D eigenvalue weighted by molar-refractivity contribution is 5.94. The summed E-state index contributed by atoms with van der Waals surface area (Å²) < 4.78 is 1.87. The third-order valence-electron chi connectivity index (χ3n) is 4.25. The predicted octanol–water partition coefficient (Wildman–Crippen LogP) is 1.53. The minimum Gasteiger partial charge on any atom is -0.334 e. The first-order valence-corrected chi connectivity index (χ1v) is 7.14. The molecule has 1 amide bonds. The Bertz CT molecular complexity index is 621. The summed E-state index contributed by atoms with van der Waals surface area (Å²) in [6.07, 6.45) is 7.63.